The van der Waals surface area contributed by atoms with E-state index in [-0.39, 0.29) is 23.9 Å². The highest BCUT2D eigenvalue weighted by atomic mass is 19.4. The van der Waals surface area contributed by atoms with Crippen LogP contribution in [0, 0.1) is 0 Å². The van der Waals surface area contributed by atoms with Crippen LogP contribution >= 0.6 is 0 Å². The number of nitrogen functional groups attached to an aromatic ring is 1. The summed E-state index contributed by atoms with van der Waals surface area (Å²) in [6, 6.07) is 2.84. The van der Waals surface area contributed by atoms with E-state index in [0.29, 0.717) is 6.61 Å². The molecule has 0 aromatic heterocycles. The normalized spacial score (nSPS) is 12.9. The lowest BCUT2D eigenvalue weighted by Gasteiger charge is -2.16. The number of nitrogens with two attached hydrogens (primary N) is 1. The first-order valence-corrected chi connectivity index (χ1v) is 6.36. The number of hydrogen-bond acceptors (Lipinski definition) is 4. The van der Waals surface area contributed by atoms with Crippen molar-refractivity contribution in [1.29, 1.82) is 0 Å². The maximum atomic E-state index is 12.9. The average molecular weight is 305 g/mol. The second-order valence-corrected chi connectivity index (χ2v) is 4.44. The average Bonchev–Trinajstić information content (AvgIpc) is 2.43. The van der Waals surface area contributed by atoms with Gasteiger partial charge in [0.25, 0.3) is 5.91 Å². The zero-order valence-corrected chi connectivity index (χ0v) is 11.8. The molecule has 1 rings (SSSR count). The van der Waals surface area contributed by atoms with Gasteiger partial charge in [-0.1, -0.05) is 0 Å². The summed E-state index contributed by atoms with van der Waals surface area (Å²) in [7, 11) is 0. The van der Waals surface area contributed by atoms with Crippen molar-refractivity contribution in [1.82, 2.24) is 5.32 Å². The third-order valence-corrected chi connectivity index (χ3v) is 2.69. The van der Waals surface area contributed by atoms with Crippen LogP contribution in [0.2, 0.25) is 0 Å². The minimum Gasteiger partial charge on any atom is -0.380 e. The largest absolute Gasteiger partial charge is 0.418 e. The molecule has 1 amide bonds. The predicted octanol–water partition coefficient (Wildman–Crippen LogP) is 2.15. The van der Waals surface area contributed by atoms with E-state index in [2.05, 4.69) is 5.32 Å². The third kappa shape index (κ3) is 4.91. The van der Waals surface area contributed by atoms with Crippen LogP contribution in [-0.4, -0.2) is 25.2 Å². The van der Waals surface area contributed by atoms with Crippen molar-refractivity contribution in [3.63, 3.8) is 0 Å². The van der Waals surface area contributed by atoms with Gasteiger partial charge < -0.3 is 15.5 Å². The lowest BCUT2D eigenvalue weighted by atomic mass is 10.1. The topological polar surface area (TPSA) is 76.4 Å². The lowest BCUT2D eigenvalue weighted by molar-refractivity contribution is -0.137. The molecule has 0 bridgehead atoms. The van der Waals surface area contributed by atoms with Gasteiger partial charge in [0.2, 0.25) is 0 Å². The fourth-order valence-corrected chi connectivity index (χ4v) is 1.69. The van der Waals surface area contributed by atoms with E-state index in [1.807, 2.05) is 12.3 Å². The molecular weight excluding hydrogens is 287 g/mol. The summed E-state index contributed by atoms with van der Waals surface area (Å²) in [6.07, 6.45) is -4.60. The van der Waals surface area contributed by atoms with Crippen molar-refractivity contribution in [2.24, 2.45) is 5.84 Å². The number of carbonyl (C=O) groups excluding carboxylic acids is 1. The van der Waals surface area contributed by atoms with Crippen molar-refractivity contribution >= 4 is 11.6 Å². The molecule has 0 aliphatic carbocycles. The number of alkyl halides is 3. The number of halogens is 3. The SMILES string of the molecule is CCOCC(C)NC(=O)c1ccc(NN)c(C(F)(F)F)c1. The Morgan fingerprint density at radius 1 is 1.43 bits per heavy atom. The summed E-state index contributed by atoms with van der Waals surface area (Å²) in [4.78, 5) is 11.9. The van der Waals surface area contributed by atoms with Crippen molar-refractivity contribution in [2.45, 2.75) is 26.1 Å². The number of benzene rings is 1. The van der Waals surface area contributed by atoms with E-state index < -0.39 is 17.6 Å². The van der Waals surface area contributed by atoms with Gasteiger partial charge in [-0.2, -0.15) is 13.2 Å². The van der Waals surface area contributed by atoms with Crippen molar-refractivity contribution in [3.8, 4) is 0 Å². The number of rotatable bonds is 6. The molecule has 0 fully saturated rings. The summed E-state index contributed by atoms with van der Waals surface area (Å²) in [5, 5.41) is 2.56. The first-order valence-electron chi connectivity index (χ1n) is 6.36. The van der Waals surface area contributed by atoms with Gasteiger partial charge >= 0.3 is 6.18 Å². The number of anilines is 1. The first kappa shape index (κ1) is 17.3. The molecule has 1 aromatic rings. The van der Waals surface area contributed by atoms with Crippen LogP contribution in [0.5, 0.6) is 0 Å². The van der Waals surface area contributed by atoms with Gasteiger partial charge in [-0.3, -0.25) is 10.6 Å². The van der Waals surface area contributed by atoms with Gasteiger partial charge in [-0.05, 0) is 32.0 Å². The van der Waals surface area contributed by atoms with Crippen LogP contribution in [0.15, 0.2) is 18.2 Å². The highest BCUT2D eigenvalue weighted by molar-refractivity contribution is 5.95. The van der Waals surface area contributed by atoms with E-state index in [9.17, 15) is 18.0 Å². The van der Waals surface area contributed by atoms with Gasteiger partial charge in [0.05, 0.1) is 17.9 Å². The Kier molecular flexibility index (Phi) is 5.98. The summed E-state index contributed by atoms with van der Waals surface area (Å²) >= 11 is 0. The minimum atomic E-state index is -4.60. The van der Waals surface area contributed by atoms with Crippen LogP contribution in [-0.2, 0) is 10.9 Å². The molecule has 8 heteroatoms. The Bertz CT molecular complexity index is 492. The van der Waals surface area contributed by atoms with Gasteiger partial charge in [-0.15, -0.1) is 0 Å². The van der Waals surface area contributed by atoms with Crippen LogP contribution < -0.4 is 16.6 Å². The van der Waals surface area contributed by atoms with Crippen molar-refractivity contribution in [2.75, 3.05) is 18.6 Å². The molecule has 1 atom stereocenters. The van der Waals surface area contributed by atoms with Crippen molar-refractivity contribution < 1.29 is 22.7 Å². The molecule has 0 aliphatic heterocycles. The van der Waals surface area contributed by atoms with Gasteiger partial charge in [0.15, 0.2) is 0 Å². The molecular formula is C13H18F3N3O2. The Labute approximate surface area is 120 Å². The number of nitrogens with one attached hydrogen (secondary N) is 2. The van der Waals surface area contributed by atoms with E-state index >= 15 is 0 Å². The van der Waals surface area contributed by atoms with Crippen LogP contribution in [0.4, 0.5) is 18.9 Å². The highest BCUT2D eigenvalue weighted by Crippen LogP contribution is 2.35. The molecule has 0 spiro atoms. The lowest BCUT2D eigenvalue weighted by Crippen LogP contribution is -2.36. The Balaban J connectivity index is 2.91. The summed E-state index contributed by atoms with van der Waals surface area (Å²) < 4.78 is 43.7. The molecule has 1 aromatic carbocycles. The van der Waals surface area contributed by atoms with E-state index in [4.69, 9.17) is 10.6 Å². The Morgan fingerprint density at radius 3 is 2.62 bits per heavy atom. The van der Waals surface area contributed by atoms with Gasteiger partial charge in [0.1, 0.15) is 0 Å². The number of amides is 1. The zero-order valence-electron chi connectivity index (χ0n) is 11.8. The Hall–Kier alpha value is -1.80. The molecule has 0 aliphatic rings. The molecule has 0 saturated carbocycles. The molecule has 0 saturated heterocycles. The fraction of sp³-hybridized carbons (Fsp3) is 0.462. The molecule has 5 nitrogen and oxygen atoms in total. The predicted molar refractivity (Wildman–Crippen MR) is 72.7 cm³/mol. The monoisotopic (exact) mass is 305 g/mol. The highest BCUT2D eigenvalue weighted by Gasteiger charge is 2.34. The molecule has 0 radical (unpaired) electrons. The van der Waals surface area contributed by atoms with E-state index in [0.717, 1.165) is 12.1 Å². The molecule has 0 heterocycles. The van der Waals surface area contributed by atoms with Crippen LogP contribution in [0.3, 0.4) is 0 Å². The number of hydrazine groups is 1. The number of ether oxygens (including phenoxy) is 1. The minimum absolute atomic E-state index is 0.0929. The Morgan fingerprint density at radius 2 is 2.10 bits per heavy atom. The van der Waals surface area contributed by atoms with Crippen LogP contribution in [0.25, 0.3) is 0 Å². The molecule has 21 heavy (non-hydrogen) atoms. The number of hydrogen-bond donors (Lipinski definition) is 3. The number of carbonyl (C=O) groups is 1. The second-order valence-electron chi connectivity index (χ2n) is 4.44. The summed E-state index contributed by atoms with van der Waals surface area (Å²) in [6.45, 7) is 4.29. The maximum Gasteiger partial charge on any atom is 0.418 e. The third-order valence-electron chi connectivity index (χ3n) is 2.69. The molecule has 1 unspecified atom stereocenters. The standard InChI is InChI=1S/C13H18F3N3O2/c1-3-21-7-8(2)18-12(20)9-4-5-11(19-17)10(6-9)13(14,15)16/h4-6,8,19H,3,7,17H2,1-2H3,(H,18,20). The van der Waals surface area contributed by atoms with Gasteiger partial charge in [0, 0.05) is 18.2 Å². The molecule has 118 valence electrons. The van der Waals surface area contributed by atoms with E-state index in [1.165, 1.54) is 6.07 Å². The smallest absolute Gasteiger partial charge is 0.380 e. The van der Waals surface area contributed by atoms with E-state index in [1.54, 1.807) is 6.92 Å². The van der Waals surface area contributed by atoms with Crippen LogP contribution in [0.1, 0.15) is 29.8 Å². The molecule has 4 N–H and O–H groups in total. The van der Waals surface area contributed by atoms with Crippen molar-refractivity contribution in [3.05, 3.63) is 29.3 Å². The zero-order chi connectivity index (χ0) is 16.0. The quantitative estimate of drug-likeness (QED) is 0.556. The maximum absolute atomic E-state index is 12.9. The fourth-order valence-electron chi connectivity index (χ4n) is 1.69. The van der Waals surface area contributed by atoms with Gasteiger partial charge in [-0.25, -0.2) is 0 Å². The second kappa shape index (κ2) is 7.28. The first-order chi connectivity index (χ1) is 9.79. The summed E-state index contributed by atoms with van der Waals surface area (Å²) in [5.74, 6) is 4.44. The summed E-state index contributed by atoms with van der Waals surface area (Å²) in [5.41, 5.74) is 0.591.